The molecule has 0 atom stereocenters. The first-order valence-corrected chi connectivity index (χ1v) is 6.58. The Balaban J connectivity index is 1.66. The Bertz CT molecular complexity index is 232. The molecule has 0 radical (unpaired) electrons. The summed E-state index contributed by atoms with van der Waals surface area (Å²) in [7, 11) is 0. The molecule has 2 aliphatic rings. The second kappa shape index (κ2) is 5.53. The third-order valence-electron chi connectivity index (χ3n) is 3.58. The lowest BCUT2D eigenvalue weighted by Crippen LogP contribution is -2.63. The van der Waals surface area contributed by atoms with E-state index in [-0.39, 0.29) is 6.03 Å². The first kappa shape index (κ1) is 11.7. The van der Waals surface area contributed by atoms with Gasteiger partial charge >= 0.3 is 6.03 Å². The fourth-order valence-corrected chi connectivity index (χ4v) is 2.48. The summed E-state index contributed by atoms with van der Waals surface area (Å²) in [4.78, 5) is 16.1. The van der Waals surface area contributed by atoms with Crippen molar-refractivity contribution in [1.82, 2.24) is 15.1 Å². The molecule has 2 aliphatic heterocycles. The van der Waals surface area contributed by atoms with Gasteiger partial charge in [-0.1, -0.05) is 13.3 Å². The van der Waals surface area contributed by atoms with Crippen molar-refractivity contribution in [3.8, 4) is 0 Å². The topological polar surface area (TPSA) is 35.6 Å². The highest BCUT2D eigenvalue weighted by atomic mass is 16.2. The summed E-state index contributed by atoms with van der Waals surface area (Å²) in [6.07, 6.45) is 5.05. The lowest BCUT2D eigenvalue weighted by molar-refractivity contribution is 0.0452. The van der Waals surface area contributed by atoms with Gasteiger partial charge in [-0.15, -0.1) is 0 Å². The summed E-state index contributed by atoms with van der Waals surface area (Å²) in [6.45, 7) is 7.19. The number of piperidine rings is 1. The van der Waals surface area contributed by atoms with Crippen molar-refractivity contribution >= 4 is 6.03 Å². The molecule has 2 saturated heterocycles. The molecule has 16 heavy (non-hydrogen) atoms. The Morgan fingerprint density at radius 3 is 2.56 bits per heavy atom. The molecule has 4 nitrogen and oxygen atoms in total. The Labute approximate surface area is 98.0 Å². The molecule has 0 spiro atoms. The van der Waals surface area contributed by atoms with Crippen LogP contribution in [0, 0.1) is 0 Å². The highest BCUT2D eigenvalue weighted by Crippen LogP contribution is 2.19. The predicted molar refractivity (Wildman–Crippen MR) is 64.5 cm³/mol. The summed E-state index contributed by atoms with van der Waals surface area (Å²) in [5, 5.41) is 2.93. The van der Waals surface area contributed by atoms with Crippen molar-refractivity contribution in [2.24, 2.45) is 0 Å². The van der Waals surface area contributed by atoms with Gasteiger partial charge in [0.25, 0.3) is 0 Å². The molecule has 2 fully saturated rings. The third kappa shape index (κ3) is 2.67. The van der Waals surface area contributed by atoms with Crippen LogP contribution >= 0.6 is 0 Å². The van der Waals surface area contributed by atoms with E-state index < -0.39 is 0 Å². The number of rotatable bonds is 3. The minimum Gasteiger partial charge on any atom is -0.338 e. The standard InChI is InChI=1S/C12H23N3O/c1-2-6-13-12(16)15-9-11(10-15)14-7-4-3-5-8-14/h11H,2-10H2,1H3,(H,13,16). The zero-order chi connectivity index (χ0) is 11.4. The second-order valence-electron chi connectivity index (χ2n) is 4.89. The van der Waals surface area contributed by atoms with E-state index in [1.807, 2.05) is 4.90 Å². The Kier molecular flexibility index (Phi) is 4.04. The van der Waals surface area contributed by atoms with Gasteiger partial charge in [0.15, 0.2) is 0 Å². The van der Waals surface area contributed by atoms with Gasteiger partial charge in [-0.3, -0.25) is 4.90 Å². The number of amides is 2. The van der Waals surface area contributed by atoms with Crippen LogP contribution in [0.25, 0.3) is 0 Å². The normalized spacial score (nSPS) is 22.9. The maximum atomic E-state index is 11.6. The van der Waals surface area contributed by atoms with Crippen LogP contribution in [0.1, 0.15) is 32.6 Å². The Morgan fingerprint density at radius 1 is 1.25 bits per heavy atom. The maximum Gasteiger partial charge on any atom is 0.317 e. The smallest absolute Gasteiger partial charge is 0.317 e. The highest BCUT2D eigenvalue weighted by molar-refractivity contribution is 5.75. The molecule has 2 heterocycles. The number of nitrogens with one attached hydrogen (secondary N) is 1. The SMILES string of the molecule is CCCNC(=O)N1CC(N2CCCCC2)C1. The van der Waals surface area contributed by atoms with Gasteiger partial charge < -0.3 is 10.2 Å². The molecule has 2 rings (SSSR count). The molecule has 0 aromatic rings. The molecule has 0 unspecified atom stereocenters. The molecule has 1 N–H and O–H groups in total. The Morgan fingerprint density at radius 2 is 1.94 bits per heavy atom. The minimum atomic E-state index is 0.120. The van der Waals surface area contributed by atoms with Crippen LogP contribution in [0.15, 0.2) is 0 Å². The molecule has 2 amide bonds. The predicted octanol–water partition coefficient (Wildman–Crippen LogP) is 1.28. The molecule has 92 valence electrons. The van der Waals surface area contributed by atoms with Crippen molar-refractivity contribution in [1.29, 1.82) is 0 Å². The van der Waals surface area contributed by atoms with Gasteiger partial charge in [0.1, 0.15) is 0 Å². The van der Waals surface area contributed by atoms with E-state index >= 15 is 0 Å². The van der Waals surface area contributed by atoms with Crippen LogP contribution in [0.2, 0.25) is 0 Å². The van der Waals surface area contributed by atoms with Crippen molar-refractivity contribution in [2.45, 2.75) is 38.6 Å². The average Bonchev–Trinajstić information content (AvgIpc) is 2.26. The quantitative estimate of drug-likeness (QED) is 0.785. The maximum absolute atomic E-state index is 11.6. The van der Waals surface area contributed by atoms with Crippen molar-refractivity contribution in [3.05, 3.63) is 0 Å². The first-order chi connectivity index (χ1) is 7.81. The molecule has 4 heteroatoms. The van der Waals surface area contributed by atoms with Crippen LogP contribution < -0.4 is 5.32 Å². The zero-order valence-electron chi connectivity index (χ0n) is 10.2. The van der Waals surface area contributed by atoms with Crippen molar-refractivity contribution in [2.75, 3.05) is 32.7 Å². The molecular formula is C12H23N3O. The van der Waals surface area contributed by atoms with E-state index in [4.69, 9.17) is 0 Å². The monoisotopic (exact) mass is 225 g/mol. The van der Waals surface area contributed by atoms with Crippen LogP contribution in [-0.2, 0) is 0 Å². The first-order valence-electron chi connectivity index (χ1n) is 6.58. The van der Waals surface area contributed by atoms with Gasteiger partial charge in [-0.25, -0.2) is 4.79 Å². The second-order valence-corrected chi connectivity index (χ2v) is 4.89. The van der Waals surface area contributed by atoms with Gasteiger partial charge in [-0.05, 0) is 32.4 Å². The van der Waals surface area contributed by atoms with Crippen LogP contribution in [0.3, 0.4) is 0 Å². The summed E-state index contributed by atoms with van der Waals surface area (Å²) in [5.41, 5.74) is 0. The molecule has 0 aromatic heterocycles. The lowest BCUT2D eigenvalue weighted by Gasteiger charge is -2.46. The summed E-state index contributed by atoms with van der Waals surface area (Å²) in [5.74, 6) is 0. The minimum absolute atomic E-state index is 0.120. The third-order valence-corrected chi connectivity index (χ3v) is 3.58. The van der Waals surface area contributed by atoms with E-state index in [1.165, 1.54) is 32.4 Å². The number of nitrogens with zero attached hydrogens (tertiary/aromatic N) is 2. The number of hydrogen-bond acceptors (Lipinski definition) is 2. The van der Waals surface area contributed by atoms with E-state index in [2.05, 4.69) is 17.1 Å². The van der Waals surface area contributed by atoms with Crippen LogP contribution in [0.5, 0.6) is 0 Å². The number of carbonyl (C=O) groups is 1. The highest BCUT2D eigenvalue weighted by Gasteiger charge is 2.34. The van der Waals surface area contributed by atoms with E-state index in [1.54, 1.807) is 0 Å². The van der Waals surface area contributed by atoms with E-state index in [9.17, 15) is 4.79 Å². The summed E-state index contributed by atoms with van der Waals surface area (Å²) in [6, 6.07) is 0.753. The molecular weight excluding hydrogens is 202 g/mol. The summed E-state index contributed by atoms with van der Waals surface area (Å²) < 4.78 is 0. The number of likely N-dealkylation sites (tertiary alicyclic amines) is 2. The number of urea groups is 1. The molecule has 0 aliphatic carbocycles. The zero-order valence-corrected chi connectivity index (χ0v) is 10.2. The van der Waals surface area contributed by atoms with E-state index in [0.717, 1.165) is 26.1 Å². The summed E-state index contributed by atoms with van der Waals surface area (Å²) >= 11 is 0. The number of carbonyl (C=O) groups excluding carboxylic acids is 1. The molecule has 0 bridgehead atoms. The molecule has 0 saturated carbocycles. The van der Waals surface area contributed by atoms with Gasteiger partial charge in [0, 0.05) is 25.7 Å². The largest absolute Gasteiger partial charge is 0.338 e. The van der Waals surface area contributed by atoms with Gasteiger partial charge in [0.05, 0.1) is 0 Å². The van der Waals surface area contributed by atoms with Crippen LogP contribution in [-0.4, -0.2) is 54.6 Å². The van der Waals surface area contributed by atoms with Crippen molar-refractivity contribution in [3.63, 3.8) is 0 Å². The lowest BCUT2D eigenvalue weighted by atomic mass is 10.0. The fraction of sp³-hybridized carbons (Fsp3) is 0.917. The Hall–Kier alpha value is -0.770. The average molecular weight is 225 g/mol. The van der Waals surface area contributed by atoms with Crippen LogP contribution in [0.4, 0.5) is 4.79 Å². The van der Waals surface area contributed by atoms with Crippen molar-refractivity contribution < 1.29 is 4.79 Å². The van der Waals surface area contributed by atoms with E-state index in [0.29, 0.717) is 6.04 Å². The fourth-order valence-electron chi connectivity index (χ4n) is 2.48. The molecule has 0 aromatic carbocycles. The van der Waals surface area contributed by atoms with Gasteiger partial charge in [-0.2, -0.15) is 0 Å². The van der Waals surface area contributed by atoms with Gasteiger partial charge in [0.2, 0.25) is 0 Å². The number of hydrogen-bond donors (Lipinski definition) is 1.